The maximum absolute atomic E-state index is 5.72. The van der Waals surface area contributed by atoms with Gasteiger partial charge in [-0.15, -0.1) is 0 Å². The van der Waals surface area contributed by atoms with Crippen molar-refractivity contribution in [1.29, 1.82) is 0 Å². The van der Waals surface area contributed by atoms with Gasteiger partial charge in [-0.1, -0.05) is 13.8 Å². The minimum absolute atomic E-state index is 0.568. The standard InChI is InChI=1S/C16H30N2O2/c1-13(2)10-17-11-15-9-16(20-14(15)3)12-19-8-6-7-18(4)5/h9,13,17H,6-8,10-12H2,1-5H3. The summed E-state index contributed by atoms with van der Waals surface area (Å²) in [6.07, 6.45) is 1.05. The molecule has 0 aromatic carbocycles. The Morgan fingerprint density at radius 2 is 2.10 bits per heavy atom. The topological polar surface area (TPSA) is 37.6 Å². The molecule has 0 saturated carbocycles. The van der Waals surface area contributed by atoms with E-state index >= 15 is 0 Å². The average Bonchev–Trinajstić information content (AvgIpc) is 2.69. The van der Waals surface area contributed by atoms with Crippen molar-refractivity contribution in [2.24, 2.45) is 5.92 Å². The Morgan fingerprint density at radius 1 is 1.35 bits per heavy atom. The minimum atomic E-state index is 0.568. The van der Waals surface area contributed by atoms with Crippen molar-refractivity contribution in [3.05, 3.63) is 23.2 Å². The van der Waals surface area contributed by atoms with Crippen molar-refractivity contribution in [2.75, 3.05) is 33.8 Å². The number of nitrogens with one attached hydrogen (secondary N) is 1. The highest BCUT2D eigenvalue weighted by atomic mass is 16.5. The maximum atomic E-state index is 5.72. The zero-order valence-electron chi connectivity index (χ0n) is 13.7. The molecule has 0 bridgehead atoms. The minimum Gasteiger partial charge on any atom is -0.464 e. The molecule has 1 N–H and O–H groups in total. The van der Waals surface area contributed by atoms with Crippen LogP contribution in [0.25, 0.3) is 0 Å². The summed E-state index contributed by atoms with van der Waals surface area (Å²) in [6, 6.07) is 2.11. The summed E-state index contributed by atoms with van der Waals surface area (Å²) in [4.78, 5) is 2.17. The highest BCUT2D eigenvalue weighted by Gasteiger charge is 2.07. The van der Waals surface area contributed by atoms with Crippen LogP contribution in [-0.4, -0.2) is 38.7 Å². The van der Waals surface area contributed by atoms with Gasteiger partial charge in [0.15, 0.2) is 0 Å². The summed E-state index contributed by atoms with van der Waals surface area (Å²) in [5.41, 5.74) is 1.23. The van der Waals surface area contributed by atoms with Gasteiger partial charge in [0.05, 0.1) is 0 Å². The fourth-order valence-electron chi connectivity index (χ4n) is 1.99. The SMILES string of the molecule is Cc1oc(COCCCN(C)C)cc1CNCC(C)C. The van der Waals surface area contributed by atoms with Crippen LogP contribution in [-0.2, 0) is 17.9 Å². The first-order chi connectivity index (χ1) is 9.49. The number of aryl methyl sites for hydroxylation is 1. The largest absolute Gasteiger partial charge is 0.464 e. The van der Waals surface area contributed by atoms with E-state index in [1.807, 2.05) is 6.92 Å². The van der Waals surface area contributed by atoms with Crippen LogP contribution in [0.4, 0.5) is 0 Å². The summed E-state index contributed by atoms with van der Waals surface area (Å²) in [5, 5.41) is 3.44. The first-order valence-electron chi connectivity index (χ1n) is 7.50. The lowest BCUT2D eigenvalue weighted by Crippen LogP contribution is -2.18. The molecule has 1 rings (SSSR count). The maximum Gasteiger partial charge on any atom is 0.130 e. The number of furan rings is 1. The van der Waals surface area contributed by atoms with Crippen LogP contribution >= 0.6 is 0 Å². The zero-order chi connectivity index (χ0) is 15.0. The molecule has 0 aliphatic heterocycles. The molecule has 1 aromatic heterocycles. The molecule has 0 saturated heterocycles. The molecule has 4 heteroatoms. The summed E-state index contributed by atoms with van der Waals surface area (Å²) in [5.74, 6) is 2.59. The number of nitrogens with zero attached hydrogens (tertiary/aromatic N) is 1. The molecule has 0 fully saturated rings. The van der Waals surface area contributed by atoms with E-state index in [2.05, 4.69) is 44.2 Å². The molecular weight excluding hydrogens is 252 g/mol. The van der Waals surface area contributed by atoms with Crippen LogP contribution in [0.3, 0.4) is 0 Å². The van der Waals surface area contributed by atoms with Gasteiger partial charge in [-0.05, 0) is 52.5 Å². The first kappa shape index (κ1) is 17.2. The normalized spacial score (nSPS) is 11.8. The van der Waals surface area contributed by atoms with Crippen molar-refractivity contribution in [1.82, 2.24) is 10.2 Å². The van der Waals surface area contributed by atoms with Gasteiger partial charge in [-0.2, -0.15) is 0 Å². The molecule has 0 radical (unpaired) electrons. The smallest absolute Gasteiger partial charge is 0.130 e. The number of hydrogen-bond acceptors (Lipinski definition) is 4. The van der Waals surface area contributed by atoms with Crippen LogP contribution in [0.2, 0.25) is 0 Å². The second-order valence-corrected chi connectivity index (χ2v) is 6.03. The van der Waals surface area contributed by atoms with Crippen molar-refractivity contribution in [2.45, 2.75) is 40.3 Å². The molecule has 1 aromatic rings. The summed E-state index contributed by atoms with van der Waals surface area (Å²) in [7, 11) is 4.15. The Labute approximate surface area is 123 Å². The zero-order valence-corrected chi connectivity index (χ0v) is 13.7. The quantitative estimate of drug-likeness (QED) is 0.670. The van der Waals surface area contributed by atoms with Crippen molar-refractivity contribution < 1.29 is 9.15 Å². The monoisotopic (exact) mass is 282 g/mol. The van der Waals surface area contributed by atoms with E-state index in [1.165, 1.54) is 5.56 Å². The Morgan fingerprint density at radius 3 is 2.75 bits per heavy atom. The number of hydrogen-bond donors (Lipinski definition) is 1. The van der Waals surface area contributed by atoms with Gasteiger partial charge in [0.25, 0.3) is 0 Å². The summed E-state index contributed by atoms with van der Waals surface area (Å²) in [6.45, 7) is 10.7. The molecule has 4 nitrogen and oxygen atoms in total. The molecule has 0 aliphatic rings. The molecule has 0 spiro atoms. The van der Waals surface area contributed by atoms with E-state index in [0.29, 0.717) is 12.5 Å². The van der Waals surface area contributed by atoms with Gasteiger partial charge in [-0.25, -0.2) is 0 Å². The Balaban J connectivity index is 2.26. The lowest BCUT2D eigenvalue weighted by Gasteiger charge is -2.08. The average molecular weight is 282 g/mol. The number of ether oxygens (including phenoxy) is 1. The second kappa shape index (κ2) is 9.16. The first-order valence-corrected chi connectivity index (χ1v) is 7.50. The van der Waals surface area contributed by atoms with Gasteiger partial charge < -0.3 is 19.4 Å². The van der Waals surface area contributed by atoms with Crippen LogP contribution in [0.5, 0.6) is 0 Å². The number of rotatable bonds is 10. The van der Waals surface area contributed by atoms with E-state index in [9.17, 15) is 0 Å². The molecule has 0 aliphatic carbocycles. The van der Waals surface area contributed by atoms with Crippen molar-refractivity contribution >= 4 is 0 Å². The predicted molar refractivity (Wildman–Crippen MR) is 82.8 cm³/mol. The van der Waals surface area contributed by atoms with E-state index < -0.39 is 0 Å². The molecule has 20 heavy (non-hydrogen) atoms. The van der Waals surface area contributed by atoms with Crippen LogP contribution in [0, 0.1) is 12.8 Å². The lowest BCUT2D eigenvalue weighted by molar-refractivity contribution is 0.0988. The van der Waals surface area contributed by atoms with Crippen LogP contribution < -0.4 is 5.32 Å². The van der Waals surface area contributed by atoms with Crippen LogP contribution in [0.15, 0.2) is 10.5 Å². The van der Waals surface area contributed by atoms with Gasteiger partial charge in [-0.3, -0.25) is 0 Å². The molecular formula is C16H30N2O2. The highest BCUT2D eigenvalue weighted by molar-refractivity contribution is 5.20. The van der Waals surface area contributed by atoms with Crippen molar-refractivity contribution in [3.63, 3.8) is 0 Å². The van der Waals surface area contributed by atoms with E-state index in [1.54, 1.807) is 0 Å². The summed E-state index contributed by atoms with van der Waals surface area (Å²) >= 11 is 0. The van der Waals surface area contributed by atoms with E-state index in [4.69, 9.17) is 9.15 Å². The summed E-state index contributed by atoms with van der Waals surface area (Å²) < 4.78 is 11.4. The highest BCUT2D eigenvalue weighted by Crippen LogP contribution is 2.15. The molecule has 0 atom stereocenters. The Bertz CT molecular complexity index is 373. The Hall–Kier alpha value is -0.840. The Kier molecular flexibility index (Phi) is 7.88. The van der Waals surface area contributed by atoms with Crippen LogP contribution in [0.1, 0.15) is 37.4 Å². The third-order valence-electron chi connectivity index (χ3n) is 3.08. The predicted octanol–water partition coefficient (Wildman–Crippen LogP) is 2.80. The van der Waals surface area contributed by atoms with Crippen molar-refractivity contribution in [3.8, 4) is 0 Å². The molecule has 1 heterocycles. The van der Waals surface area contributed by atoms with Gasteiger partial charge >= 0.3 is 0 Å². The molecule has 0 unspecified atom stereocenters. The molecule has 0 amide bonds. The second-order valence-electron chi connectivity index (χ2n) is 6.03. The lowest BCUT2D eigenvalue weighted by atomic mass is 10.2. The van der Waals surface area contributed by atoms with E-state index in [-0.39, 0.29) is 0 Å². The fraction of sp³-hybridized carbons (Fsp3) is 0.750. The van der Waals surface area contributed by atoms with Gasteiger partial charge in [0, 0.05) is 18.7 Å². The molecule has 116 valence electrons. The van der Waals surface area contributed by atoms with Gasteiger partial charge in [0.1, 0.15) is 18.1 Å². The van der Waals surface area contributed by atoms with Gasteiger partial charge in [0.2, 0.25) is 0 Å². The fourth-order valence-corrected chi connectivity index (χ4v) is 1.99. The third-order valence-corrected chi connectivity index (χ3v) is 3.08. The third kappa shape index (κ3) is 7.08. The van der Waals surface area contributed by atoms with E-state index in [0.717, 1.165) is 44.2 Å².